The van der Waals surface area contributed by atoms with Gasteiger partial charge in [-0.25, -0.2) is 0 Å². The maximum atomic E-state index is 10.9. The molecule has 0 aromatic heterocycles. The maximum Gasteiger partial charge on any atom is 0.228 e. The van der Waals surface area contributed by atoms with Crippen molar-refractivity contribution in [1.82, 2.24) is 0 Å². The van der Waals surface area contributed by atoms with Gasteiger partial charge in [0.25, 0.3) is 0 Å². The van der Waals surface area contributed by atoms with Gasteiger partial charge in [0, 0.05) is 11.3 Å². The number of carbonyl (C=O) groups is 2. The van der Waals surface area contributed by atoms with Crippen LogP contribution in [0.15, 0.2) is 18.2 Å². The average molecular weight is 161 g/mol. The molecule has 0 unspecified atom stereocenters. The predicted molar refractivity (Wildman–Crippen MR) is 44.2 cm³/mol. The number of rotatable bonds is 1. The summed E-state index contributed by atoms with van der Waals surface area (Å²) in [5, 5.41) is 2.69. The molecule has 3 nitrogen and oxygen atoms in total. The van der Waals surface area contributed by atoms with Crippen LogP contribution >= 0.6 is 0 Å². The highest BCUT2D eigenvalue weighted by molar-refractivity contribution is 5.99. The van der Waals surface area contributed by atoms with Gasteiger partial charge < -0.3 is 5.32 Å². The highest BCUT2D eigenvalue weighted by Gasteiger charge is 2.16. The molecular weight excluding hydrogens is 154 g/mol. The number of aldehydes is 1. The standard InChI is InChI=1S/C9H7NO2/c11-5-6-1-2-8-7(3-6)4-9(12)10-8/h1-3,5H,4H2,(H,10,12). The topological polar surface area (TPSA) is 46.2 Å². The lowest BCUT2D eigenvalue weighted by atomic mass is 10.1. The molecule has 0 saturated carbocycles. The van der Waals surface area contributed by atoms with E-state index in [-0.39, 0.29) is 5.91 Å². The molecule has 3 heteroatoms. The van der Waals surface area contributed by atoms with Gasteiger partial charge in [-0.05, 0) is 23.8 Å². The second-order valence-corrected chi connectivity index (χ2v) is 2.76. The number of amides is 1. The van der Waals surface area contributed by atoms with Crippen LogP contribution in [0.1, 0.15) is 15.9 Å². The summed E-state index contributed by atoms with van der Waals surface area (Å²) in [5.41, 5.74) is 2.35. The van der Waals surface area contributed by atoms with Crippen LogP contribution in [-0.2, 0) is 11.2 Å². The molecule has 12 heavy (non-hydrogen) atoms. The van der Waals surface area contributed by atoms with Gasteiger partial charge in [-0.15, -0.1) is 0 Å². The van der Waals surface area contributed by atoms with Crippen molar-refractivity contribution in [3.63, 3.8) is 0 Å². The Hall–Kier alpha value is -1.64. The molecule has 0 spiro atoms. The zero-order valence-electron chi connectivity index (χ0n) is 6.33. The first-order valence-electron chi connectivity index (χ1n) is 3.67. The van der Waals surface area contributed by atoms with Gasteiger partial charge in [0.2, 0.25) is 5.91 Å². The molecule has 0 radical (unpaired) electrons. The van der Waals surface area contributed by atoms with Gasteiger partial charge in [0.1, 0.15) is 6.29 Å². The fraction of sp³-hybridized carbons (Fsp3) is 0.111. The summed E-state index contributed by atoms with van der Waals surface area (Å²) in [7, 11) is 0. The van der Waals surface area contributed by atoms with Gasteiger partial charge in [0.15, 0.2) is 0 Å². The van der Waals surface area contributed by atoms with Crippen LogP contribution in [0.25, 0.3) is 0 Å². The van der Waals surface area contributed by atoms with E-state index in [1.165, 1.54) is 0 Å². The molecule has 1 N–H and O–H groups in total. The molecule has 1 aromatic carbocycles. The zero-order chi connectivity index (χ0) is 8.55. The lowest BCUT2D eigenvalue weighted by molar-refractivity contribution is -0.115. The maximum absolute atomic E-state index is 10.9. The molecule has 1 amide bonds. The number of nitrogens with one attached hydrogen (secondary N) is 1. The molecule has 0 fully saturated rings. The van der Waals surface area contributed by atoms with E-state index in [2.05, 4.69) is 5.32 Å². The van der Waals surface area contributed by atoms with Crippen LogP contribution in [0.2, 0.25) is 0 Å². The number of anilines is 1. The number of benzene rings is 1. The van der Waals surface area contributed by atoms with E-state index in [0.717, 1.165) is 17.5 Å². The molecule has 60 valence electrons. The van der Waals surface area contributed by atoms with Crippen molar-refractivity contribution in [2.75, 3.05) is 5.32 Å². The van der Waals surface area contributed by atoms with Crippen molar-refractivity contribution in [1.29, 1.82) is 0 Å². The Kier molecular flexibility index (Phi) is 1.43. The average Bonchev–Trinajstić information content (AvgIpc) is 2.43. The Morgan fingerprint density at radius 1 is 1.42 bits per heavy atom. The van der Waals surface area contributed by atoms with Crippen LogP contribution in [0, 0.1) is 0 Å². The second-order valence-electron chi connectivity index (χ2n) is 2.76. The summed E-state index contributed by atoms with van der Waals surface area (Å²) in [4.78, 5) is 21.3. The van der Waals surface area contributed by atoms with Crippen LogP contribution < -0.4 is 5.32 Å². The van der Waals surface area contributed by atoms with Gasteiger partial charge in [-0.1, -0.05) is 0 Å². The van der Waals surface area contributed by atoms with E-state index in [0.29, 0.717) is 12.0 Å². The highest BCUT2D eigenvalue weighted by Crippen LogP contribution is 2.22. The summed E-state index contributed by atoms with van der Waals surface area (Å²) in [5.74, 6) is -0.00644. The normalized spacial score (nSPS) is 13.8. The van der Waals surface area contributed by atoms with Gasteiger partial charge in [0.05, 0.1) is 6.42 Å². The van der Waals surface area contributed by atoms with Crippen molar-refractivity contribution in [3.8, 4) is 0 Å². The Balaban J connectivity index is 2.48. The largest absolute Gasteiger partial charge is 0.326 e. The predicted octanol–water partition coefficient (Wildman–Crippen LogP) is 0.994. The van der Waals surface area contributed by atoms with Crippen molar-refractivity contribution in [2.24, 2.45) is 0 Å². The van der Waals surface area contributed by atoms with Crippen LogP contribution in [0.3, 0.4) is 0 Å². The third-order valence-corrected chi connectivity index (χ3v) is 1.89. The summed E-state index contributed by atoms with van der Waals surface area (Å²) in [6.07, 6.45) is 1.17. The minimum absolute atomic E-state index is 0.00644. The first-order chi connectivity index (χ1) is 5.79. The lowest BCUT2D eigenvalue weighted by Gasteiger charge is -1.96. The lowest BCUT2D eigenvalue weighted by Crippen LogP contribution is -2.03. The SMILES string of the molecule is O=Cc1ccc2c(c1)CC(=O)N2. The highest BCUT2D eigenvalue weighted by atomic mass is 16.1. The molecule has 0 saturated heterocycles. The summed E-state index contributed by atoms with van der Waals surface area (Å²) < 4.78 is 0. The van der Waals surface area contributed by atoms with Crippen molar-refractivity contribution in [2.45, 2.75) is 6.42 Å². The zero-order valence-corrected chi connectivity index (χ0v) is 6.33. The van der Waals surface area contributed by atoms with Crippen LogP contribution in [0.4, 0.5) is 5.69 Å². The molecule has 1 aromatic rings. The molecule has 1 heterocycles. The van der Waals surface area contributed by atoms with E-state index in [9.17, 15) is 9.59 Å². The van der Waals surface area contributed by atoms with Crippen LogP contribution in [-0.4, -0.2) is 12.2 Å². The third-order valence-electron chi connectivity index (χ3n) is 1.89. The number of hydrogen-bond acceptors (Lipinski definition) is 2. The third kappa shape index (κ3) is 0.993. The number of fused-ring (bicyclic) bond motifs is 1. The molecule has 0 atom stereocenters. The molecule has 1 aliphatic rings. The van der Waals surface area contributed by atoms with Crippen molar-refractivity contribution >= 4 is 17.9 Å². The first kappa shape index (κ1) is 7.03. The molecule has 2 rings (SSSR count). The van der Waals surface area contributed by atoms with Crippen molar-refractivity contribution < 1.29 is 9.59 Å². The van der Waals surface area contributed by atoms with Gasteiger partial charge in [-0.3, -0.25) is 9.59 Å². The Morgan fingerprint density at radius 2 is 2.25 bits per heavy atom. The monoisotopic (exact) mass is 161 g/mol. The Bertz CT molecular complexity index is 358. The quantitative estimate of drug-likeness (QED) is 0.624. The van der Waals surface area contributed by atoms with E-state index in [1.807, 2.05) is 0 Å². The summed E-state index contributed by atoms with van der Waals surface area (Å²) in [6.45, 7) is 0. The smallest absolute Gasteiger partial charge is 0.228 e. The Morgan fingerprint density at radius 3 is 3.00 bits per heavy atom. The minimum atomic E-state index is -0.00644. The summed E-state index contributed by atoms with van der Waals surface area (Å²) >= 11 is 0. The van der Waals surface area contributed by atoms with Crippen LogP contribution in [0.5, 0.6) is 0 Å². The fourth-order valence-corrected chi connectivity index (χ4v) is 1.32. The Labute approximate surface area is 69.4 Å². The second kappa shape index (κ2) is 2.44. The van der Waals surface area contributed by atoms with E-state index >= 15 is 0 Å². The van der Waals surface area contributed by atoms with Gasteiger partial charge >= 0.3 is 0 Å². The molecule has 0 bridgehead atoms. The van der Waals surface area contributed by atoms with E-state index in [4.69, 9.17) is 0 Å². The number of carbonyl (C=O) groups excluding carboxylic acids is 2. The van der Waals surface area contributed by atoms with Gasteiger partial charge in [-0.2, -0.15) is 0 Å². The fourth-order valence-electron chi connectivity index (χ4n) is 1.32. The first-order valence-corrected chi connectivity index (χ1v) is 3.67. The van der Waals surface area contributed by atoms with E-state index < -0.39 is 0 Å². The van der Waals surface area contributed by atoms with Crippen molar-refractivity contribution in [3.05, 3.63) is 29.3 Å². The summed E-state index contributed by atoms with van der Waals surface area (Å²) in [6, 6.07) is 5.18. The van der Waals surface area contributed by atoms with E-state index in [1.54, 1.807) is 18.2 Å². The number of hydrogen-bond donors (Lipinski definition) is 1. The molecule has 0 aliphatic carbocycles. The molecule has 1 aliphatic heterocycles. The minimum Gasteiger partial charge on any atom is -0.326 e. The molecular formula is C9H7NO2.